The van der Waals surface area contributed by atoms with Crippen molar-refractivity contribution in [3.05, 3.63) is 119 Å². The average molecular weight is 1240 g/mol. The molecule has 3 amide bonds. The second kappa shape index (κ2) is 27.3. The number of alkyl halides is 3. The molecule has 11 rings (SSSR count). The number of piperidine rings is 1. The molecule has 7 heterocycles. The monoisotopic (exact) mass is 1240 g/mol. The number of carbonyl (C=O) groups excluding carboxylic acids is 3. The van der Waals surface area contributed by atoms with Gasteiger partial charge in [0.1, 0.15) is 37.1 Å². The molecule has 89 heavy (non-hydrogen) atoms. The lowest BCUT2D eigenvalue weighted by atomic mass is 9.96. The molecule has 4 aromatic carbocycles. The molecule has 0 aliphatic carbocycles. The lowest BCUT2D eigenvalue weighted by Crippen LogP contribution is -2.55. The van der Waals surface area contributed by atoms with Crippen LogP contribution in [-0.4, -0.2) is 207 Å². The van der Waals surface area contributed by atoms with Gasteiger partial charge in [-0.15, -0.1) is 10.2 Å². The molecular formula is C64H74ClF3N14O7. The van der Waals surface area contributed by atoms with Gasteiger partial charge in [-0.1, -0.05) is 61.5 Å². The minimum atomic E-state index is -4.65. The number of amides is 3. The number of aromatic hydroxyl groups is 2. The maximum atomic E-state index is 13.6. The third kappa shape index (κ3) is 14.3. The van der Waals surface area contributed by atoms with Gasteiger partial charge >= 0.3 is 12.2 Å². The number of aryl methyl sites for hydroxylation is 1. The first-order chi connectivity index (χ1) is 42.9. The highest BCUT2D eigenvalue weighted by molar-refractivity contribution is 6.36. The van der Waals surface area contributed by atoms with Gasteiger partial charge in [-0.3, -0.25) is 28.8 Å². The molecule has 2 aromatic heterocycles. The number of nitrogens with one attached hydrogen (secondary N) is 1. The third-order valence-corrected chi connectivity index (χ3v) is 18.3. The number of benzene rings is 4. The van der Waals surface area contributed by atoms with Crippen LogP contribution in [0.3, 0.4) is 0 Å². The number of halogens is 4. The molecule has 4 saturated heterocycles. The van der Waals surface area contributed by atoms with E-state index in [2.05, 4.69) is 65.5 Å². The van der Waals surface area contributed by atoms with Crippen LogP contribution < -0.4 is 19.9 Å². The van der Waals surface area contributed by atoms with Crippen molar-refractivity contribution in [1.82, 2.24) is 54.5 Å². The van der Waals surface area contributed by atoms with Crippen LogP contribution in [0.4, 0.5) is 24.7 Å². The Labute approximate surface area is 519 Å². The lowest BCUT2D eigenvalue weighted by Gasteiger charge is -2.42. The zero-order valence-electron chi connectivity index (χ0n) is 50.0. The number of piperazine rings is 2. The molecule has 0 radical (unpaired) electrons. The summed E-state index contributed by atoms with van der Waals surface area (Å²) in [6.45, 7) is 13.9. The number of anilines is 2. The summed E-state index contributed by atoms with van der Waals surface area (Å²) in [5.74, 6) is -0.942. The van der Waals surface area contributed by atoms with Crippen molar-refractivity contribution < 1.29 is 47.2 Å². The topological polar surface area (TPSA) is 225 Å². The number of fused-ring (bicyclic) bond motifs is 2. The summed E-state index contributed by atoms with van der Waals surface area (Å²) in [6, 6.07) is 24.2. The number of rotatable bonds is 19. The van der Waals surface area contributed by atoms with Crippen LogP contribution in [0, 0.1) is 17.2 Å². The summed E-state index contributed by atoms with van der Waals surface area (Å²) >= 11 is 6.81. The van der Waals surface area contributed by atoms with E-state index < -0.39 is 24.5 Å². The van der Waals surface area contributed by atoms with E-state index in [1.165, 1.54) is 16.7 Å². The number of likely N-dealkylation sites (N-methyl/N-ethyl adjacent to an activating group) is 1. The summed E-state index contributed by atoms with van der Waals surface area (Å²) in [6.07, 6.45) is 0.211. The Morgan fingerprint density at radius 1 is 0.888 bits per heavy atom. The van der Waals surface area contributed by atoms with E-state index >= 15 is 0 Å². The van der Waals surface area contributed by atoms with Gasteiger partial charge in [-0.05, 0) is 98.0 Å². The maximum Gasteiger partial charge on any atom is 0.405 e. The van der Waals surface area contributed by atoms with Gasteiger partial charge in [-0.25, -0.2) is 0 Å². The van der Waals surface area contributed by atoms with Gasteiger partial charge in [0.25, 0.3) is 5.91 Å². The molecule has 0 bridgehead atoms. The standard InChI is InChI=1S/C64H74ClF3N14O7/c1-4-43-30-50(55(84)32-54(43)83)60-73-74-61(62(87)70-40-64(66,67)68)82(60)45-14-12-41(13-15-45)33-76-24-26-77(27-25-76)34-42-17-21-78(22-18-42)57(86)39-88-48-31-47(75(3)36-48)38-89-63-71-52-37-79(53-11-7-9-44-8-6-10-51(65)58(44)53)23-19-49(52)59(72-63)80-28-29-81(56(85)5-2)46(35-80)16-20-69/h5-15,30,32,42,46-48,83-84H,2,4,16-19,21-29,31,33-40H2,1,3H3,(H,70,87)/t46?,47-,48+/m0/s1. The van der Waals surface area contributed by atoms with Gasteiger partial charge in [0, 0.05) is 120 Å². The summed E-state index contributed by atoms with van der Waals surface area (Å²) in [4.78, 5) is 64.8. The number of aromatic nitrogens is 5. The highest BCUT2D eigenvalue weighted by Gasteiger charge is 2.37. The average Bonchev–Trinajstić information content (AvgIpc) is 1.84. The van der Waals surface area contributed by atoms with Gasteiger partial charge in [0.2, 0.25) is 17.6 Å². The lowest BCUT2D eigenvalue weighted by molar-refractivity contribution is -0.139. The van der Waals surface area contributed by atoms with Crippen molar-refractivity contribution in [2.75, 3.05) is 115 Å². The highest BCUT2D eigenvalue weighted by atomic mass is 35.5. The number of nitriles is 1. The molecule has 25 heteroatoms. The second-order valence-corrected chi connectivity index (χ2v) is 24.1. The second-order valence-electron chi connectivity index (χ2n) is 23.7. The Kier molecular flexibility index (Phi) is 19.2. The van der Waals surface area contributed by atoms with Gasteiger partial charge < -0.3 is 49.5 Å². The van der Waals surface area contributed by atoms with E-state index in [1.807, 2.05) is 54.5 Å². The van der Waals surface area contributed by atoms with E-state index in [0.29, 0.717) is 107 Å². The first-order valence-corrected chi connectivity index (χ1v) is 30.8. The Hall–Kier alpha value is -8.08. The summed E-state index contributed by atoms with van der Waals surface area (Å²) in [5.41, 5.74) is 4.90. The van der Waals surface area contributed by atoms with Crippen molar-refractivity contribution in [2.45, 2.75) is 82.9 Å². The van der Waals surface area contributed by atoms with Crippen LogP contribution in [0.25, 0.3) is 27.8 Å². The molecule has 4 fully saturated rings. The largest absolute Gasteiger partial charge is 0.508 e. The molecule has 0 spiro atoms. The molecule has 3 N–H and O–H groups in total. The molecule has 0 saturated carbocycles. The predicted molar refractivity (Wildman–Crippen MR) is 329 cm³/mol. The number of hydrogen-bond donors (Lipinski definition) is 3. The minimum absolute atomic E-state index is 0.00509. The first kappa shape index (κ1) is 62.5. The van der Waals surface area contributed by atoms with E-state index in [1.54, 1.807) is 17.0 Å². The zero-order valence-corrected chi connectivity index (χ0v) is 50.8. The van der Waals surface area contributed by atoms with Crippen molar-refractivity contribution in [3.8, 4) is 40.7 Å². The van der Waals surface area contributed by atoms with Gasteiger partial charge in [0.15, 0.2) is 5.82 Å². The van der Waals surface area contributed by atoms with Crippen LogP contribution >= 0.6 is 11.6 Å². The number of likely N-dealkylation sites (tertiary alicyclic amines) is 2. The zero-order chi connectivity index (χ0) is 62.5. The maximum absolute atomic E-state index is 13.6. The smallest absolute Gasteiger partial charge is 0.405 e. The Bertz CT molecular complexity index is 3600. The highest BCUT2D eigenvalue weighted by Crippen LogP contribution is 2.39. The van der Waals surface area contributed by atoms with Crippen LogP contribution in [0.5, 0.6) is 17.5 Å². The van der Waals surface area contributed by atoms with Crippen LogP contribution in [-0.2, 0) is 40.3 Å². The predicted octanol–water partition coefficient (Wildman–Crippen LogP) is 7.00. The minimum Gasteiger partial charge on any atom is -0.508 e. The normalized spacial score (nSPS) is 19.8. The summed E-state index contributed by atoms with van der Waals surface area (Å²) in [7, 11) is 2.03. The number of hydrogen-bond acceptors (Lipinski definition) is 17. The van der Waals surface area contributed by atoms with Crippen LogP contribution in [0.15, 0.2) is 85.5 Å². The van der Waals surface area contributed by atoms with E-state index in [0.717, 1.165) is 90.7 Å². The number of phenols is 2. The Morgan fingerprint density at radius 2 is 1.64 bits per heavy atom. The fraction of sp³-hybridized carbons (Fsp3) is 0.469. The number of ether oxygens (including phenoxy) is 2. The van der Waals surface area contributed by atoms with Gasteiger partial charge in [0.05, 0.1) is 47.5 Å². The Morgan fingerprint density at radius 3 is 2.37 bits per heavy atom. The molecule has 1 unspecified atom stereocenters. The molecule has 5 aliphatic rings. The molecule has 21 nitrogen and oxygen atoms in total. The molecule has 5 aliphatic heterocycles. The van der Waals surface area contributed by atoms with Gasteiger partial charge in [-0.2, -0.15) is 28.4 Å². The Balaban J connectivity index is 0.648. The van der Waals surface area contributed by atoms with Crippen molar-refractivity contribution in [1.29, 1.82) is 5.26 Å². The molecule has 470 valence electrons. The van der Waals surface area contributed by atoms with E-state index in [9.17, 15) is 43.0 Å². The third-order valence-electron chi connectivity index (χ3n) is 17.9. The van der Waals surface area contributed by atoms with E-state index in [-0.39, 0.29) is 71.9 Å². The molecular weight excluding hydrogens is 1170 g/mol. The van der Waals surface area contributed by atoms with E-state index in [4.69, 9.17) is 31.0 Å². The quantitative estimate of drug-likeness (QED) is 0.0694. The van der Waals surface area contributed by atoms with Crippen LogP contribution in [0.2, 0.25) is 5.02 Å². The summed E-state index contributed by atoms with van der Waals surface area (Å²) < 4.78 is 53.4. The molecule has 3 atom stereocenters. The summed E-state index contributed by atoms with van der Waals surface area (Å²) in [5, 5.41) is 43.6. The number of carbonyl (C=O) groups is 3. The van der Waals surface area contributed by atoms with Crippen molar-refractivity contribution in [3.63, 3.8) is 0 Å². The number of phenolic OH excluding ortho intramolecular Hbond substituents is 2. The fourth-order valence-electron chi connectivity index (χ4n) is 13.1. The van der Waals surface area contributed by atoms with Crippen molar-refractivity contribution >= 4 is 51.6 Å². The van der Waals surface area contributed by atoms with Crippen LogP contribution in [0.1, 0.15) is 65.6 Å². The fourth-order valence-corrected chi connectivity index (χ4v) is 13.3. The number of nitrogens with zero attached hydrogens (tertiary/aromatic N) is 13. The SMILES string of the molecule is C=CC(=O)N1CCN(c2nc(OC[C@@H]3C[C@@H](OCC(=O)N4CCC(CN5CCN(Cc6ccc(-n7c(C(=O)NCC(F)(F)F)nnc7-c7cc(CC)c(O)cc7O)cc6)CC5)CC4)CN3C)nc3c2CCN(c2cccc4cccc(Cl)c24)C3)CC1CC#N. The first-order valence-electron chi connectivity index (χ1n) is 30.4. The van der Waals surface area contributed by atoms with Crippen molar-refractivity contribution in [2.24, 2.45) is 5.92 Å². The molecule has 6 aromatic rings.